The van der Waals surface area contributed by atoms with Crippen LogP contribution < -0.4 is 5.32 Å². The number of amides is 2. The van der Waals surface area contributed by atoms with E-state index in [1.807, 2.05) is 18.2 Å². The number of likely N-dealkylation sites (tertiary alicyclic amines) is 1. The Bertz CT molecular complexity index is 782. The summed E-state index contributed by atoms with van der Waals surface area (Å²) in [5, 5.41) is 2.59. The molecule has 7 heteroatoms. The number of carbonyl (C=O) groups is 3. The van der Waals surface area contributed by atoms with E-state index in [1.165, 1.54) is 12.3 Å². The number of hydrogen-bond acceptors (Lipinski definition) is 5. The maximum atomic E-state index is 12.9. The van der Waals surface area contributed by atoms with Crippen LogP contribution >= 0.6 is 0 Å². The predicted octanol–water partition coefficient (Wildman–Crippen LogP) is 2.70. The number of ether oxygens (including phenoxy) is 1. The van der Waals surface area contributed by atoms with Gasteiger partial charge in [0.1, 0.15) is 0 Å². The Hall–Kier alpha value is -3.09. The molecule has 1 aliphatic rings. The van der Waals surface area contributed by atoms with E-state index in [2.05, 4.69) is 5.32 Å². The third-order valence-corrected chi connectivity index (χ3v) is 4.60. The fourth-order valence-corrected chi connectivity index (χ4v) is 3.13. The second-order valence-electron chi connectivity index (χ2n) is 6.65. The predicted molar refractivity (Wildman–Crippen MR) is 101 cm³/mol. The summed E-state index contributed by atoms with van der Waals surface area (Å²) in [6.07, 6.45) is 3.42. The second-order valence-corrected chi connectivity index (χ2v) is 6.65. The molecule has 0 radical (unpaired) electrons. The standard InChI is InChI=1S/C21H24N2O5/c24-18(11-12-22-20(25)17-10-7-15-27-17)28-19(16-8-3-1-4-9-16)21(26)23-13-5-2-6-14-23/h1,3-4,7-10,15,19H,2,5-6,11-14H2,(H,22,25). The highest BCUT2D eigenvalue weighted by Crippen LogP contribution is 2.23. The van der Waals surface area contributed by atoms with Gasteiger partial charge in [0.2, 0.25) is 6.10 Å². The first-order valence-electron chi connectivity index (χ1n) is 9.50. The van der Waals surface area contributed by atoms with Crippen molar-refractivity contribution in [1.29, 1.82) is 0 Å². The number of benzene rings is 1. The van der Waals surface area contributed by atoms with Crippen LogP contribution in [-0.4, -0.2) is 42.3 Å². The molecule has 1 fully saturated rings. The Labute approximate surface area is 163 Å². The lowest BCUT2D eigenvalue weighted by Gasteiger charge is -2.30. The zero-order chi connectivity index (χ0) is 19.8. The molecule has 1 N–H and O–H groups in total. The molecule has 0 aliphatic carbocycles. The van der Waals surface area contributed by atoms with Crippen LogP contribution in [0.25, 0.3) is 0 Å². The van der Waals surface area contributed by atoms with Crippen molar-refractivity contribution in [2.24, 2.45) is 0 Å². The number of nitrogens with one attached hydrogen (secondary N) is 1. The number of esters is 1. The van der Waals surface area contributed by atoms with Crippen molar-refractivity contribution < 1.29 is 23.5 Å². The molecule has 1 aromatic heterocycles. The van der Waals surface area contributed by atoms with E-state index in [4.69, 9.17) is 9.15 Å². The third-order valence-electron chi connectivity index (χ3n) is 4.60. The Morgan fingerprint density at radius 1 is 1.04 bits per heavy atom. The highest BCUT2D eigenvalue weighted by molar-refractivity contribution is 5.91. The summed E-state index contributed by atoms with van der Waals surface area (Å²) in [6.45, 7) is 1.45. The van der Waals surface area contributed by atoms with Gasteiger partial charge in [-0.05, 0) is 31.4 Å². The molecule has 1 atom stereocenters. The van der Waals surface area contributed by atoms with E-state index in [-0.39, 0.29) is 24.6 Å². The number of piperidine rings is 1. The van der Waals surface area contributed by atoms with Gasteiger partial charge in [0.25, 0.3) is 11.8 Å². The van der Waals surface area contributed by atoms with Gasteiger partial charge in [-0.1, -0.05) is 30.3 Å². The third kappa shape index (κ3) is 5.22. The molecule has 2 amide bonds. The first kappa shape index (κ1) is 19.7. The maximum Gasteiger partial charge on any atom is 0.308 e. The van der Waals surface area contributed by atoms with Crippen LogP contribution in [0.4, 0.5) is 0 Å². The zero-order valence-corrected chi connectivity index (χ0v) is 15.6. The Kier molecular flexibility index (Phi) is 6.84. The minimum Gasteiger partial charge on any atom is -0.459 e. The van der Waals surface area contributed by atoms with E-state index in [1.54, 1.807) is 23.1 Å². The largest absolute Gasteiger partial charge is 0.459 e. The van der Waals surface area contributed by atoms with Gasteiger partial charge < -0.3 is 19.4 Å². The number of carbonyl (C=O) groups excluding carboxylic acids is 3. The first-order valence-corrected chi connectivity index (χ1v) is 9.50. The summed E-state index contributed by atoms with van der Waals surface area (Å²) < 4.78 is 10.5. The van der Waals surface area contributed by atoms with Gasteiger partial charge in [-0.2, -0.15) is 0 Å². The number of hydrogen-bond donors (Lipinski definition) is 1. The van der Waals surface area contributed by atoms with Gasteiger partial charge in [0, 0.05) is 25.2 Å². The van der Waals surface area contributed by atoms with Crippen LogP contribution in [0, 0.1) is 0 Å². The van der Waals surface area contributed by atoms with Crippen LogP contribution in [0.1, 0.15) is 47.9 Å². The summed E-state index contributed by atoms with van der Waals surface area (Å²) in [4.78, 5) is 38.8. The van der Waals surface area contributed by atoms with Gasteiger partial charge in [-0.15, -0.1) is 0 Å². The van der Waals surface area contributed by atoms with Gasteiger partial charge in [-0.3, -0.25) is 14.4 Å². The fraction of sp³-hybridized carbons (Fsp3) is 0.381. The van der Waals surface area contributed by atoms with Crippen molar-refractivity contribution in [2.45, 2.75) is 31.8 Å². The number of furan rings is 1. The molecule has 148 valence electrons. The number of rotatable bonds is 7. The van der Waals surface area contributed by atoms with Gasteiger partial charge in [0.15, 0.2) is 5.76 Å². The maximum absolute atomic E-state index is 12.9. The Balaban J connectivity index is 1.58. The summed E-state index contributed by atoms with van der Waals surface area (Å²) >= 11 is 0. The van der Waals surface area contributed by atoms with Crippen molar-refractivity contribution in [3.8, 4) is 0 Å². The lowest BCUT2D eigenvalue weighted by atomic mass is 10.1. The molecule has 3 rings (SSSR count). The number of nitrogens with zero attached hydrogens (tertiary/aromatic N) is 1. The zero-order valence-electron chi connectivity index (χ0n) is 15.6. The van der Waals surface area contributed by atoms with Crippen molar-refractivity contribution in [3.05, 3.63) is 60.1 Å². The smallest absolute Gasteiger partial charge is 0.308 e. The minimum absolute atomic E-state index is 0.0386. The van der Waals surface area contributed by atoms with E-state index in [0.29, 0.717) is 18.7 Å². The van der Waals surface area contributed by atoms with Gasteiger partial charge in [0.05, 0.1) is 12.7 Å². The highest BCUT2D eigenvalue weighted by Gasteiger charge is 2.30. The van der Waals surface area contributed by atoms with Crippen molar-refractivity contribution in [1.82, 2.24) is 10.2 Å². The minimum atomic E-state index is -0.965. The monoisotopic (exact) mass is 384 g/mol. The van der Waals surface area contributed by atoms with E-state index in [0.717, 1.165) is 19.3 Å². The Morgan fingerprint density at radius 3 is 2.46 bits per heavy atom. The summed E-state index contributed by atoms with van der Waals surface area (Å²) in [5.74, 6) is -0.963. The van der Waals surface area contributed by atoms with E-state index >= 15 is 0 Å². The molecule has 0 spiro atoms. The molecule has 0 bridgehead atoms. The molecule has 2 heterocycles. The second kappa shape index (κ2) is 9.73. The topological polar surface area (TPSA) is 88.9 Å². The molecule has 2 aromatic rings. The first-order chi connectivity index (χ1) is 13.6. The quantitative estimate of drug-likeness (QED) is 0.742. The van der Waals surface area contributed by atoms with Gasteiger partial charge >= 0.3 is 5.97 Å². The van der Waals surface area contributed by atoms with Crippen LogP contribution in [-0.2, 0) is 14.3 Å². The molecular weight excluding hydrogens is 360 g/mol. The summed E-state index contributed by atoms with van der Waals surface area (Å²) in [7, 11) is 0. The van der Waals surface area contributed by atoms with Crippen LogP contribution in [0.5, 0.6) is 0 Å². The normalized spacial score (nSPS) is 14.9. The van der Waals surface area contributed by atoms with Crippen molar-refractivity contribution in [3.63, 3.8) is 0 Å². The van der Waals surface area contributed by atoms with Crippen molar-refractivity contribution >= 4 is 17.8 Å². The average molecular weight is 384 g/mol. The molecule has 1 aliphatic heterocycles. The van der Waals surface area contributed by atoms with E-state index < -0.39 is 18.0 Å². The molecule has 1 aromatic carbocycles. The van der Waals surface area contributed by atoms with Crippen LogP contribution in [0.15, 0.2) is 53.1 Å². The molecular formula is C21H24N2O5. The summed E-state index contributed by atoms with van der Waals surface area (Å²) in [6, 6.07) is 12.2. The molecule has 1 saturated heterocycles. The summed E-state index contributed by atoms with van der Waals surface area (Å²) in [5.41, 5.74) is 0.644. The van der Waals surface area contributed by atoms with E-state index in [9.17, 15) is 14.4 Å². The SMILES string of the molecule is O=C(CCNC(=O)c1ccco1)OC(C(=O)N1CCCCC1)c1ccccc1. The van der Waals surface area contributed by atoms with Crippen molar-refractivity contribution in [2.75, 3.05) is 19.6 Å². The molecule has 1 unspecified atom stereocenters. The fourth-order valence-electron chi connectivity index (χ4n) is 3.13. The highest BCUT2D eigenvalue weighted by atomic mass is 16.5. The molecule has 0 saturated carbocycles. The van der Waals surface area contributed by atoms with Crippen LogP contribution in [0.3, 0.4) is 0 Å². The molecule has 7 nitrogen and oxygen atoms in total. The van der Waals surface area contributed by atoms with Crippen LogP contribution in [0.2, 0.25) is 0 Å². The average Bonchev–Trinajstić information content (AvgIpc) is 3.28. The lowest BCUT2D eigenvalue weighted by molar-refractivity contribution is -0.161. The Morgan fingerprint density at radius 2 is 1.79 bits per heavy atom. The van der Waals surface area contributed by atoms with Gasteiger partial charge in [-0.25, -0.2) is 0 Å². The lowest BCUT2D eigenvalue weighted by Crippen LogP contribution is -2.40. The molecule has 28 heavy (non-hydrogen) atoms.